The lowest BCUT2D eigenvalue weighted by atomic mass is 9.68. The van der Waals surface area contributed by atoms with E-state index in [2.05, 4.69) is 12.0 Å². The molecule has 1 fully saturated rings. The summed E-state index contributed by atoms with van der Waals surface area (Å²) >= 11 is 0. The normalized spacial score (nSPS) is 27.4. The van der Waals surface area contributed by atoms with E-state index < -0.39 is 0 Å². The van der Waals surface area contributed by atoms with Crippen LogP contribution in [0.25, 0.3) is 0 Å². The summed E-state index contributed by atoms with van der Waals surface area (Å²) in [6, 6.07) is 0. The van der Waals surface area contributed by atoms with E-state index in [4.69, 9.17) is 0 Å². The maximum absolute atomic E-state index is 11.2. The van der Waals surface area contributed by atoms with Crippen LogP contribution in [0.2, 0.25) is 0 Å². The van der Waals surface area contributed by atoms with Crippen molar-refractivity contribution in [3.8, 4) is 0 Å². The Morgan fingerprint density at radius 3 is 2.92 bits per heavy atom. The highest BCUT2D eigenvalue weighted by Gasteiger charge is 2.39. The monoisotopic (exact) mass is 178 g/mol. The minimum atomic E-state index is 0.254. The summed E-state index contributed by atoms with van der Waals surface area (Å²) in [5, 5.41) is 4.12. The standard InChI is InChI=1S/C10H14N2O/c1-3-8-9(4-10(8)13)7-5-11-12(2)6-7/h5-6,8-9H,3-4H2,1-2H3. The van der Waals surface area contributed by atoms with Crippen LogP contribution in [0.3, 0.4) is 0 Å². The number of carbonyl (C=O) groups is 1. The Labute approximate surface area is 77.7 Å². The van der Waals surface area contributed by atoms with Crippen LogP contribution in [-0.4, -0.2) is 15.6 Å². The number of hydrogen-bond acceptors (Lipinski definition) is 2. The maximum atomic E-state index is 11.2. The van der Waals surface area contributed by atoms with E-state index in [-0.39, 0.29) is 5.92 Å². The van der Waals surface area contributed by atoms with Crippen molar-refractivity contribution in [3.05, 3.63) is 18.0 Å². The van der Waals surface area contributed by atoms with Crippen LogP contribution in [-0.2, 0) is 11.8 Å². The predicted octanol–water partition coefficient (Wildman–Crippen LogP) is 1.50. The Morgan fingerprint density at radius 2 is 2.46 bits per heavy atom. The highest BCUT2D eigenvalue weighted by Crippen LogP contribution is 2.41. The molecule has 1 aliphatic rings. The Hall–Kier alpha value is -1.12. The number of hydrogen-bond donors (Lipinski definition) is 0. The minimum absolute atomic E-state index is 0.254. The average Bonchev–Trinajstić information content (AvgIpc) is 2.48. The molecule has 70 valence electrons. The smallest absolute Gasteiger partial charge is 0.137 e. The van der Waals surface area contributed by atoms with Gasteiger partial charge in [-0.25, -0.2) is 0 Å². The molecule has 0 N–H and O–H groups in total. The topological polar surface area (TPSA) is 34.9 Å². The Balaban J connectivity index is 2.15. The SMILES string of the molecule is CCC1C(=O)CC1c1cnn(C)c1. The fourth-order valence-corrected chi connectivity index (χ4v) is 2.07. The summed E-state index contributed by atoms with van der Waals surface area (Å²) in [4.78, 5) is 11.2. The molecule has 3 heteroatoms. The molecular formula is C10H14N2O. The lowest BCUT2D eigenvalue weighted by molar-refractivity contribution is -0.131. The van der Waals surface area contributed by atoms with E-state index in [0.29, 0.717) is 18.1 Å². The Morgan fingerprint density at radius 1 is 1.69 bits per heavy atom. The van der Waals surface area contributed by atoms with Crippen molar-refractivity contribution in [1.29, 1.82) is 0 Å². The van der Waals surface area contributed by atoms with Gasteiger partial charge in [-0.05, 0) is 12.0 Å². The molecule has 1 aliphatic carbocycles. The lowest BCUT2D eigenvalue weighted by Gasteiger charge is -2.33. The van der Waals surface area contributed by atoms with Crippen LogP contribution in [0.15, 0.2) is 12.4 Å². The third-order valence-electron chi connectivity index (χ3n) is 2.91. The third kappa shape index (κ3) is 1.28. The van der Waals surface area contributed by atoms with Crippen molar-refractivity contribution in [2.45, 2.75) is 25.7 Å². The fourth-order valence-electron chi connectivity index (χ4n) is 2.07. The molecule has 1 aromatic rings. The minimum Gasteiger partial charge on any atom is -0.299 e. The molecule has 1 saturated carbocycles. The molecule has 2 rings (SSSR count). The van der Waals surface area contributed by atoms with Gasteiger partial charge in [0.2, 0.25) is 0 Å². The van der Waals surface area contributed by atoms with E-state index in [1.54, 1.807) is 4.68 Å². The molecule has 2 unspecified atom stereocenters. The maximum Gasteiger partial charge on any atom is 0.137 e. The van der Waals surface area contributed by atoms with E-state index in [1.807, 2.05) is 19.4 Å². The zero-order valence-corrected chi connectivity index (χ0v) is 8.03. The predicted molar refractivity (Wildman–Crippen MR) is 49.4 cm³/mol. The van der Waals surface area contributed by atoms with Crippen molar-refractivity contribution < 1.29 is 4.79 Å². The molecule has 2 atom stereocenters. The van der Waals surface area contributed by atoms with Crippen LogP contribution >= 0.6 is 0 Å². The number of carbonyl (C=O) groups excluding carboxylic acids is 1. The van der Waals surface area contributed by atoms with Crippen molar-refractivity contribution in [1.82, 2.24) is 9.78 Å². The molecular weight excluding hydrogens is 164 g/mol. The summed E-state index contributed by atoms with van der Waals surface area (Å²) in [6.45, 7) is 2.07. The highest BCUT2D eigenvalue weighted by molar-refractivity contribution is 5.89. The molecule has 0 aliphatic heterocycles. The number of aromatic nitrogens is 2. The Bertz CT molecular complexity index is 329. The summed E-state index contributed by atoms with van der Waals surface area (Å²) < 4.78 is 1.80. The average molecular weight is 178 g/mol. The molecule has 13 heavy (non-hydrogen) atoms. The lowest BCUT2D eigenvalue weighted by Crippen LogP contribution is -2.34. The molecule has 1 heterocycles. The molecule has 1 aromatic heterocycles. The van der Waals surface area contributed by atoms with E-state index in [9.17, 15) is 4.79 Å². The molecule has 0 bridgehead atoms. The van der Waals surface area contributed by atoms with Crippen LogP contribution < -0.4 is 0 Å². The third-order valence-corrected chi connectivity index (χ3v) is 2.91. The van der Waals surface area contributed by atoms with Gasteiger partial charge in [0.15, 0.2) is 0 Å². The second-order valence-corrected chi connectivity index (χ2v) is 3.74. The molecule has 0 aromatic carbocycles. The van der Waals surface area contributed by atoms with E-state index >= 15 is 0 Å². The van der Waals surface area contributed by atoms with E-state index in [0.717, 1.165) is 6.42 Å². The number of aryl methyl sites for hydroxylation is 1. The first-order valence-electron chi connectivity index (χ1n) is 4.73. The van der Waals surface area contributed by atoms with Crippen molar-refractivity contribution in [3.63, 3.8) is 0 Å². The van der Waals surface area contributed by atoms with Gasteiger partial charge >= 0.3 is 0 Å². The summed E-state index contributed by atoms with van der Waals surface area (Å²) in [6.07, 6.45) is 5.56. The summed E-state index contributed by atoms with van der Waals surface area (Å²) in [7, 11) is 1.91. The number of rotatable bonds is 2. The van der Waals surface area contributed by atoms with Crippen LogP contribution in [0.1, 0.15) is 31.2 Å². The van der Waals surface area contributed by atoms with Crippen molar-refractivity contribution in [2.75, 3.05) is 0 Å². The van der Waals surface area contributed by atoms with Crippen molar-refractivity contribution >= 4 is 5.78 Å². The second kappa shape index (κ2) is 2.98. The summed E-state index contributed by atoms with van der Waals surface area (Å²) in [5.74, 6) is 1.10. The summed E-state index contributed by atoms with van der Waals surface area (Å²) in [5.41, 5.74) is 1.22. The van der Waals surface area contributed by atoms with Gasteiger partial charge < -0.3 is 0 Å². The molecule has 0 spiro atoms. The molecule has 0 amide bonds. The van der Waals surface area contributed by atoms with Gasteiger partial charge in [0.25, 0.3) is 0 Å². The largest absolute Gasteiger partial charge is 0.299 e. The zero-order chi connectivity index (χ0) is 9.42. The van der Waals surface area contributed by atoms with Gasteiger partial charge in [0, 0.05) is 31.5 Å². The Kier molecular flexibility index (Phi) is 1.94. The first-order valence-corrected chi connectivity index (χ1v) is 4.73. The number of nitrogens with zero attached hydrogens (tertiary/aromatic N) is 2. The highest BCUT2D eigenvalue weighted by atomic mass is 16.1. The van der Waals surface area contributed by atoms with Gasteiger partial charge in [0.05, 0.1) is 6.20 Å². The first-order chi connectivity index (χ1) is 6.22. The van der Waals surface area contributed by atoms with Gasteiger partial charge in [-0.3, -0.25) is 9.48 Å². The number of Topliss-reactive ketones (excluding diaryl/α,β-unsaturated/α-hetero) is 1. The van der Waals surface area contributed by atoms with Gasteiger partial charge in [-0.15, -0.1) is 0 Å². The number of ketones is 1. The van der Waals surface area contributed by atoms with Gasteiger partial charge in [-0.2, -0.15) is 5.10 Å². The second-order valence-electron chi connectivity index (χ2n) is 3.74. The van der Waals surface area contributed by atoms with Crippen LogP contribution in [0, 0.1) is 5.92 Å². The fraction of sp³-hybridized carbons (Fsp3) is 0.600. The van der Waals surface area contributed by atoms with Gasteiger partial charge in [0.1, 0.15) is 5.78 Å². The molecule has 0 saturated heterocycles. The van der Waals surface area contributed by atoms with Gasteiger partial charge in [-0.1, -0.05) is 6.92 Å². The van der Waals surface area contributed by atoms with E-state index in [1.165, 1.54) is 5.56 Å². The molecule has 0 radical (unpaired) electrons. The van der Waals surface area contributed by atoms with Crippen LogP contribution in [0.4, 0.5) is 0 Å². The molecule has 3 nitrogen and oxygen atoms in total. The first kappa shape index (κ1) is 8.48. The zero-order valence-electron chi connectivity index (χ0n) is 8.03. The quantitative estimate of drug-likeness (QED) is 0.688. The van der Waals surface area contributed by atoms with Crippen LogP contribution in [0.5, 0.6) is 0 Å². The van der Waals surface area contributed by atoms with Crippen molar-refractivity contribution in [2.24, 2.45) is 13.0 Å².